The molecule has 1 unspecified atom stereocenters. The Bertz CT molecular complexity index is 568. The Morgan fingerprint density at radius 2 is 2.06 bits per heavy atom. The van der Waals surface area contributed by atoms with Gasteiger partial charge in [-0.3, -0.25) is 4.79 Å². The maximum Gasteiger partial charge on any atom is 0.228 e. The summed E-state index contributed by atoms with van der Waals surface area (Å²) in [5.41, 5.74) is 1.82. The fourth-order valence-electron chi connectivity index (χ4n) is 2.20. The quantitative estimate of drug-likeness (QED) is 0.873. The average molecular weight is 268 g/mol. The van der Waals surface area contributed by atoms with E-state index in [1.807, 2.05) is 31.2 Å². The van der Waals surface area contributed by atoms with Crippen LogP contribution in [0.5, 0.6) is 0 Å². The third kappa shape index (κ3) is 2.39. The van der Waals surface area contributed by atoms with Crippen molar-refractivity contribution in [2.45, 2.75) is 25.0 Å². The number of sulfonamides is 1. The molecule has 0 spiro atoms. The molecule has 1 fully saturated rings. The van der Waals surface area contributed by atoms with E-state index in [0.29, 0.717) is 0 Å². The Morgan fingerprint density at radius 3 is 2.61 bits per heavy atom. The lowest BCUT2D eigenvalue weighted by Gasteiger charge is -2.19. The molecule has 5 nitrogen and oxygen atoms in total. The van der Waals surface area contributed by atoms with Crippen LogP contribution in [-0.4, -0.2) is 26.1 Å². The topological polar surface area (TPSA) is 80.5 Å². The Balaban J connectivity index is 2.33. The number of rotatable bonds is 3. The van der Waals surface area contributed by atoms with Gasteiger partial charge in [0, 0.05) is 18.7 Å². The second-order valence-electron chi connectivity index (χ2n) is 4.40. The first-order chi connectivity index (χ1) is 8.43. The van der Waals surface area contributed by atoms with E-state index in [9.17, 15) is 13.2 Å². The Kier molecular flexibility index (Phi) is 3.41. The summed E-state index contributed by atoms with van der Waals surface area (Å²) in [7, 11) is -3.66. The van der Waals surface area contributed by atoms with Crippen molar-refractivity contribution in [1.29, 1.82) is 0 Å². The van der Waals surface area contributed by atoms with E-state index in [4.69, 9.17) is 5.14 Å². The van der Waals surface area contributed by atoms with E-state index in [1.165, 1.54) is 4.90 Å². The predicted molar refractivity (Wildman–Crippen MR) is 69.7 cm³/mol. The average Bonchev–Trinajstić information content (AvgIpc) is 2.71. The molecule has 2 rings (SSSR count). The van der Waals surface area contributed by atoms with Crippen LogP contribution in [0.4, 0.5) is 5.69 Å². The third-order valence-electron chi connectivity index (χ3n) is 3.22. The number of hydrogen-bond acceptors (Lipinski definition) is 3. The first-order valence-electron chi connectivity index (χ1n) is 5.83. The molecule has 1 atom stereocenters. The zero-order valence-corrected chi connectivity index (χ0v) is 11.0. The van der Waals surface area contributed by atoms with Crippen LogP contribution in [0.1, 0.15) is 18.9 Å². The number of carbonyl (C=O) groups is 1. The fourth-order valence-corrected chi connectivity index (χ4v) is 2.93. The molecule has 0 radical (unpaired) electrons. The van der Waals surface area contributed by atoms with Gasteiger partial charge in [0.25, 0.3) is 0 Å². The number of hydrogen-bond donors (Lipinski definition) is 1. The van der Waals surface area contributed by atoms with E-state index < -0.39 is 15.3 Å². The van der Waals surface area contributed by atoms with Gasteiger partial charge in [0.1, 0.15) is 5.25 Å². The highest BCUT2D eigenvalue weighted by molar-refractivity contribution is 7.89. The van der Waals surface area contributed by atoms with Gasteiger partial charge < -0.3 is 4.90 Å². The molecule has 1 aliphatic heterocycles. The van der Waals surface area contributed by atoms with E-state index >= 15 is 0 Å². The number of carbonyl (C=O) groups excluding carboxylic acids is 1. The third-order valence-corrected chi connectivity index (χ3v) is 4.46. The molecular formula is C12H16N2O3S. The molecule has 0 aromatic heterocycles. The number of anilines is 1. The van der Waals surface area contributed by atoms with E-state index in [-0.39, 0.29) is 18.9 Å². The molecular weight excluding hydrogens is 252 g/mol. The summed E-state index contributed by atoms with van der Waals surface area (Å²) in [5.74, 6) is -0.185. The Hall–Kier alpha value is -1.40. The van der Waals surface area contributed by atoms with Crippen molar-refractivity contribution in [2.75, 3.05) is 11.4 Å². The highest BCUT2D eigenvalue weighted by Crippen LogP contribution is 2.27. The molecule has 6 heteroatoms. The van der Waals surface area contributed by atoms with Gasteiger partial charge in [-0.25, -0.2) is 13.6 Å². The highest BCUT2D eigenvalue weighted by atomic mass is 32.2. The van der Waals surface area contributed by atoms with Crippen molar-refractivity contribution in [3.05, 3.63) is 29.8 Å². The lowest BCUT2D eigenvalue weighted by Crippen LogP contribution is -2.32. The van der Waals surface area contributed by atoms with Crippen molar-refractivity contribution in [1.82, 2.24) is 0 Å². The first-order valence-corrected chi connectivity index (χ1v) is 7.44. The summed E-state index contributed by atoms with van der Waals surface area (Å²) in [6.07, 6.45) is 0.761. The maximum atomic E-state index is 11.9. The van der Waals surface area contributed by atoms with Gasteiger partial charge in [-0.15, -0.1) is 0 Å². The Morgan fingerprint density at radius 1 is 1.39 bits per heavy atom. The van der Waals surface area contributed by atoms with Crippen molar-refractivity contribution >= 4 is 21.6 Å². The SMILES string of the molecule is CCc1ccccc1N1CC(S(N)(=O)=O)CC1=O. The lowest BCUT2D eigenvalue weighted by molar-refractivity contribution is -0.117. The van der Waals surface area contributed by atoms with Crippen LogP contribution in [0.3, 0.4) is 0 Å². The van der Waals surface area contributed by atoms with Crippen LogP contribution >= 0.6 is 0 Å². The lowest BCUT2D eigenvalue weighted by atomic mass is 10.1. The molecule has 1 aromatic rings. The minimum Gasteiger partial charge on any atom is -0.311 e. The molecule has 0 bridgehead atoms. The maximum absolute atomic E-state index is 11.9. The summed E-state index contributed by atoms with van der Waals surface area (Å²) < 4.78 is 22.6. The van der Waals surface area contributed by atoms with E-state index in [1.54, 1.807) is 0 Å². The smallest absolute Gasteiger partial charge is 0.228 e. The van der Waals surface area contributed by atoms with Crippen molar-refractivity contribution in [3.8, 4) is 0 Å². The second kappa shape index (κ2) is 4.70. The number of para-hydroxylation sites is 1. The molecule has 1 saturated heterocycles. The van der Waals surface area contributed by atoms with Gasteiger partial charge in [0.15, 0.2) is 0 Å². The zero-order valence-electron chi connectivity index (χ0n) is 10.2. The predicted octanol–water partition coefficient (Wildman–Crippen LogP) is 0.643. The summed E-state index contributed by atoms with van der Waals surface area (Å²) in [5, 5.41) is 4.31. The van der Waals surface area contributed by atoms with Crippen LogP contribution in [-0.2, 0) is 21.2 Å². The van der Waals surface area contributed by atoms with Crippen LogP contribution in [0.25, 0.3) is 0 Å². The molecule has 18 heavy (non-hydrogen) atoms. The molecule has 1 aliphatic rings. The van der Waals surface area contributed by atoms with Gasteiger partial charge in [0.05, 0.1) is 0 Å². The van der Waals surface area contributed by atoms with Gasteiger partial charge in [-0.1, -0.05) is 25.1 Å². The van der Waals surface area contributed by atoms with Crippen molar-refractivity contribution in [3.63, 3.8) is 0 Å². The number of benzene rings is 1. The summed E-state index contributed by atoms with van der Waals surface area (Å²) >= 11 is 0. The van der Waals surface area contributed by atoms with E-state index in [2.05, 4.69) is 0 Å². The summed E-state index contributed by atoms with van der Waals surface area (Å²) in [6, 6.07) is 7.52. The number of nitrogens with zero attached hydrogens (tertiary/aromatic N) is 1. The van der Waals surface area contributed by atoms with Gasteiger partial charge in [0.2, 0.25) is 15.9 Å². The molecule has 1 amide bonds. The molecule has 2 N–H and O–H groups in total. The van der Waals surface area contributed by atoms with Crippen LogP contribution in [0.15, 0.2) is 24.3 Å². The molecule has 1 aromatic carbocycles. The summed E-state index contributed by atoms with van der Waals surface area (Å²) in [6.45, 7) is 2.14. The monoisotopic (exact) mass is 268 g/mol. The van der Waals surface area contributed by atoms with Crippen LogP contribution in [0, 0.1) is 0 Å². The summed E-state index contributed by atoms with van der Waals surface area (Å²) in [4.78, 5) is 13.4. The van der Waals surface area contributed by atoms with Crippen LogP contribution in [0.2, 0.25) is 0 Å². The fraction of sp³-hybridized carbons (Fsp3) is 0.417. The highest BCUT2D eigenvalue weighted by Gasteiger charge is 2.37. The molecule has 0 saturated carbocycles. The van der Waals surface area contributed by atoms with Crippen molar-refractivity contribution < 1.29 is 13.2 Å². The second-order valence-corrected chi connectivity index (χ2v) is 6.25. The van der Waals surface area contributed by atoms with Crippen molar-refractivity contribution in [2.24, 2.45) is 5.14 Å². The molecule has 98 valence electrons. The minimum atomic E-state index is -3.66. The van der Waals surface area contributed by atoms with Gasteiger partial charge >= 0.3 is 0 Å². The number of nitrogens with two attached hydrogens (primary N) is 1. The van der Waals surface area contributed by atoms with Gasteiger partial charge in [-0.05, 0) is 18.1 Å². The normalized spacial score (nSPS) is 20.4. The molecule has 1 heterocycles. The minimum absolute atomic E-state index is 0.0309. The largest absolute Gasteiger partial charge is 0.311 e. The van der Waals surface area contributed by atoms with Crippen LogP contribution < -0.4 is 10.0 Å². The number of primary sulfonamides is 1. The first kappa shape index (κ1) is 13.0. The van der Waals surface area contributed by atoms with Gasteiger partial charge in [-0.2, -0.15) is 0 Å². The van der Waals surface area contributed by atoms with E-state index in [0.717, 1.165) is 17.7 Å². The Labute approximate surface area is 107 Å². The standard InChI is InChI=1S/C12H16N2O3S/c1-2-9-5-3-4-6-11(9)14-8-10(7-12(14)15)18(13,16)17/h3-6,10H,2,7-8H2,1H3,(H2,13,16,17). The molecule has 0 aliphatic carbocycles. The number of amides is 1. The number of aryl methyl sites for hydroxylation is 1. The zero-order chi connectivity index (χ0) is 13.3.